The third-order valence-electron chi connectivity index (χ3n) is 7.26. The number of carboxylic acid groups (broad SMARTS) is 1. The van der Waals surface area contributed by atoms with Gasteiger partial charge in [0.05, 0.1) is 5.69 Å². The van der Waals surface area contributed by atoms with Gasteiger partial charge < -0.3 is 25.6 Å². The summed E-state index contributed by atoms with van der Waals surface area (Å²) in [7, 11) is -4.08. The van der Waals surface area contributed by atoms with Gasteiger partial charge in [-0.2, -0.15) is 4.72 Å². The zero-order valence-electron chi connectivity index (χ0n) is 21.8. The number of benzene rings is 1. The van der Waals surface area contributed by atoms with Gasteiger partial charge in [0.2, 0.25) is 15.9 Å². The number of rotatable bonds is 12. The molecule has 1 unspecified atom stereocenters. The van der Waals surface area contributed by atoms with E-state index in [1.165, 1.54) is 4.90 Å². The lowest BCUT2D eigenvalue weighted by atomic mass is 9.93. The molecule has 208 valence electrons. The smallest absolute Gasteiger partial charge is 0.323 e. The van der Waals surface area contributed by atoms with Crippen LogP contribution in [-0.2, 0) is 26.0 Å². The second-order valence-electron chi connectivity index (χ2n) is 10.3. The Morgan fingerprint density at radius 2 is 2.03 bits per heavy atom. The molecule has 1 aromatic heterocycles. The van der Waals surface area contributed by atoms with Crippen LogP contribution >= 0.6 is 0 Å². The van der Waals surface area contributed by atoms with E-state index in [0.717, 1.165) is 31.2 Å². The first-order valence-corrected chi connectivity index (χ1v) is 14.9. The first-order valence-electron chi connectivity index (χ1n) is 13.4. The Kier molecular flexibility index (Phi) is 9.26. The number of nitrogens with one attached hydrogen (secondary N) is 4. The monoisotopic (exact) mass is 546 g/mol. The summed E-state index contributed by atoms with van der Waals surface area (Å²) in [4.78, 5) is 34.1. The van der Waals surface area contributed by atoms with Crippen LogP contribution in [0, 0.1) is 5.92 Å². The first kappa shape index (κ1) is 27.9. The fraction of sp³-hybridized carbons (Fsp3) is 0.577. The van der Waals surface area contributed by atoms with Crippen LogP contribution in [0.4, 0.5) is 11.6 Å². The van der Waals surface area contributed by atoms with Crippen molar-refractivity contribution < 1.29 is 23.1 Å². The third-order valence-corrected chi connectivity index (χ3v) is 8.77. The van der Waals surface area contributed by atoms with Crippen LogP contribution in [0.15, 0.2) is 35.5 Å². The molecule has 38 heavy (non-hydrogen) atoms. The van der Waals surface area contributed by atoms with Gasteiger partial charge in [0.15, 0.2) is 5.95 Å². The molecule has 1 aliphatic carbocycles. The molecule has 11 nitrogen and oxygen atoms in total. The van der Waals surface area contributed by atoms with Gasteiger partial charge in [-0.3, -0.25) is 9.59 Å². The SMILES string of the molecule is CC1CNc2c(cccc2S(=O)(=O)N[C@@H](CCCNc2ncc[nH]2)C(=O)N(CC(=O)O)C2CCCCC2)C1. The van der Waals surface area contributed by atoms with Gasteiger partial charge in [-0.15, -0.1) is 0 Å². The maximum Gasteiger partial charge on any atom is 0.323 e. The molecule has 2 aromatic rings. The molecule has 5 N–H and O–H groups in total. The summed E-state index contributed by atoms with van der Waals surface area (Å²) in [5.74, 6) is -0.642. The largest absolute Gasteiger partial charge is 0.480 e. The summed E-state index contributed by atoms with van der Waals surface area (Å²) in [6, 6.07) is 3.86. The maximum absolute atomic E-state index is 13.8. The van der Waals surface area contributed by atoms with Crippen molar-refractivity contribution in [2.24, 2.45) is 5.92 Å². The number of carboxylic acids is 1. The van der Waals surface area contributed by atoms with Crippen molar-refractivity contribution in [3.63, 3.8) is 0 Å². The lowest BCUT2D eigenvalue weighted by Gasteiger charge is -2.36. The van der Waals surface area contributed by atoms with Crippen LogP contribution in [0.1, 0.15) is 57.4 Å². The molecular formula is C26H38N6O5S. The molecule has 1 saturated carbocycles. The van der Waals surface area contributed by atoms with Crippen LogP contribution in [0.25, 0.3) is 0 Å². The molecular weight excluding hydrogens is 508 g/mol. The molecule has 2 aliphatic rings. The lowest BCUT2D eigenvalue weighted by Crippen LogP contribution is -2.53. The van der Waals surface area contributed by atoms with Crippen LogP contribution in [-0.4, -0.2) is 72.0 Å². The van der Waals surface area contributed by atoms with E-state index in [1.54, 1.807) is 24.5 Å². The van der Waals surface area contributed by atoms with Crippen LogP contribution in [0.2, 0.25) is 0 Å². The Labute approximate surface area is 223 Å². The number of para-hydroxylation sites is 1. The Bertz CT molecular complexity index is 1200. The summed E-state index contributed by atoms with van der Waals surface area (Å²) in [5.41, 5.74) is 1.49. The molecule has 0 radical (unpaired) electrons. The minimum Gasteiger partial charge on any atom is -0.480 e. The fourth-order valence-electron chi connectivity index (χ4n) is 5.38. The summed E-state index contributed by atoms with van der Waals surface area (Å²) in [6.07, 6.45) is 9.04. The zero-order valence-corrected chi connectivity index (χ0v) is 22.6. The number of sulfonamides is 1. The van der Waals surface area contributed by atoms with E-state index < -0.39 is 34.5 Å². The van der Waals surface area contributed by atoms with Crippen molar-refractivity contribution in [2.45, 2.75) is 75.3 Å². The number of amides is 1. The van der Waals surface area contributed by atoms with Crippen molar-refractivity contribution in [3.05, 3.63) is 36.2 Å². The van der Waals surface area contributed by atoms with E-state index in [9.17, 15) is 23.1 Å². The van der Waals surface area contributed by atoms with Crippen LogP contribution < -0.4 is 15.4 Å². The lowest BCUT2D eigenvalue weighted by molar-refractivity contribution is -0.147. The van der Waals surface area contributed by atoms with Gasteiger partial charge in [-0.25, -0.2) is 13.4 Å². The van der Waals surface area contributed by atoms with Gasteiger partial charge in [0.25, 0.3) is 0 Å². The number of fused-ring (bicyclic) bond motifs is 1. The molecule has 0 saturated heterocycles. The number of nitrogens with zero attached hydrogens (tertiary/aromatic N) is 2. The number of H-pyrrole nitrogens is 1. The number of anilines is 2. The predicted molar refractivity (Wildman–Crippen MR) is 144 cm³/mol. The standard InChI is InChI=1S/C26H38N6O5S/c1-18-15-19-7-5-11-22(24(19)30-16-18)38(36,37)31-21(10-6-12-27-26-28-13-14-29-26)25(35)32(17-23(33)34)20-8-3-2-4-9-20/h5,7,11,13-14,18,20-21,30-31H,2-4,6,8-10,12,15-17H2,1H3,(H,33,34)(H2,27,28,29)/t18?,21-/m0/s1. The highest BCUT2D eigenvalue weighted by Gasteiger charge is 2.35. The van der Waals surface area contributed by atoms with Crippen molar-refractivity contribution >= 4 is 33.5 Å². The van der Waals surface area contributed by atoms with E-state index in [1.807, 2.05) is 6.07 Å². The number of carbonyl (C=O) groups is 2. The van der Waals surface area contributed by atoms with Crippen molar-refractivity contribution in [1.82, 2.24) is 19.6 Å². The molecule has 1 fully saturated rings. The topological polar surface area (TPSA) is 157 Å². The van der Waals surface area contributed by atoms with Gasteiger partial charge >= 0.3 is 5.97 Å². The first-order chi connectivity index (χ1) is 18.2. The highest BCUT2D eigenvalue weighted by atomic mass is 32.2. The number of aromatic amines is 1. The van der Waals surface area contributed by atoms with Gasteiger partial charge in [0, 0.05) is 31.5 Å². The minimum absolute atomic E-state index is 0.107. The predicted octanol–water partition coefficient (Wildman–Crippen LogP) is 2.80. The van der Waals surface area contributed by atoms with Crippen LogP contribution in [0.5, 0.6) is 0 Å². The van der Waals surface area contributed by atoms with E-state index in [2.05, 4.69) is 32.2 Å². The van der Waals surface area contributed by atoms with E-state index in [0.29, 0.717) is 49.9 Å². The molecule has 2 heterocycles. The molecule has 1 aliphatic heterocycles. The second-order valence-corrected chi connectivity index (χ2v) is 12.0. The number of imidazole rings is 1. The normalized spacial score (nSPS) is 18.7. The minimum atomic E-state index is -4.08. The molecule has 0 bridgehead atoms. The average Bonchev–Trinajstić information content (AvgIpc) is 3.42. The summed E-state index contributed by atoms with van der Waals surface area (Å²) >= 11 is 0. The van der Waals surface area contributed by atoms with Crippen molar-refractivity contribution in [3.8, 4) is 0 Å². The highest BCUT2D eigenvalue weighted by Crippen LogP contribution is 2.31. The zero-order chi connectivity index (χ0) is 27.1. The van der Waals surface area contributed by atoms with Gasteiger partial charge in [-0.05, 0) is 49.7 Å². The Balaban J connectivity index is 1.57. The van der Waals surface area contributed by atoms with Crippen molar-refractivity contribution in [1.29, 1.82) is 0 Å². The van der Waals surface area contributed by atoms with E-state index in [4.69, 9.17) is 0 Å². The fourth-order valence-corrected chi connectivity index (χ4v) is 6.83. The molecule has 12 heteroatoms. The molecule has 1 aromatic carbocycles. The molecule has 1 amide bonds. The van der Waals surface area contributed by atoms with Crippen LogP contribution in [0.3, 0.4) is 0 Å². The van der Waals surface area contributed by atoms with Crippen molar-refractivity contribution in [2.75, 3.05) is 30.3 Å². The molecule has 4 rings (SSSR count). The third kappa shape index (κ3) is 7.04. The highest BCUT2D eigenvalue weighted by molar-refractivity contribution is 7.89. The number of hydrogen-bond acceptors (Lipinski definition) is 7. The van der Waals surface area contributed by atoms with Gasteiger partial charge in [-0.1, -0.05) is 38.3 Å². The summed E-state index contributed by atoms with van der Waals surface area (Å²) in [5, 5.41) is 15.9. The Morgan fingerprint density at radius 1 is 1.24 bits per heavy atom. The Morgan fingerprint density at radius 3 is 2.74 bits per heavy atom. The Hall–Kier alpha value is -3.12. The summed E-state index contributed by atoms with van der Waals surface area (Å²) < 4.78 is 30.0. The molecule has 2 atom stereocenters. The number of carbonyl (C=O) groups excluding carboxylic acids is 1. The molecule has 0 spiro atoms. The quantitative estimate of drug-likeness (QED) is 0.254. The number of aliphatic carboxylic acids is 1. The second kappa shape index (κ2) is 12.6. The van der Waals surface area contributed by atoms with E-state index >= 15 is 0 Å². The number of aromatic nitrogens is 2. The van der Waals surface area contributed by atoms with E-state index in [-0.39, 0.29) is 17.4 Å². The maximum atomic E-state index is 13.8. The van der Waals surface area contributed by atoms with Gasteiger partial charge in [0.1, 0.15) is 17.5 Å². The summed E-state index contributed by atoms with van der Waals surface area (Å²) in [6.45, 7) is 2.77. The number of hydrogen-bond donors (Lipinski definition) is 5. The average molecular weight is 547 g/mol.